The van der Waals surface area contributed by atoms with Crippen LogP contribution in [0.25, 0.3) is 21.3 Å². The van der Waals surface area contributed by atoms with Gasteiger partial charge in [-0.05, 0) is 36.6 Å². The Bertz CT molecular complexity index is 1250. The lowest BCUT2D eigenvalue weighted by molar-refractivity contribution is -0.113. The zero-order chi connectivity index (χ0) is 20.4. The average molecular weight is 422 g/mol. The lowest BCUT2D eigenvalue weighted by Crippen LogP contribution is -2.16. The summed E-state index contributed by atoms with van der Waals surface area (Å²) in [5, 5.41) is 5.90. The first-order valence-electron chi connectivity index (χ1n) is 9.09. The fraction of sp³-hybridized carbons (Fsp3) is 0.136. The molecule has 4 aromatic rings. The molecule has 0 saturated heterocycles. The summed E-state index contributed by atoms with van der Waals surface area (Å²) in [6.45, 7) is 3.99. The second-order valence-corrected chi connectivity index (χ2v) is 8.47. The molecule has 2 heterocycles. The molecular weight excluding hydrogens is 402 g/mol. The van der Waals surface area contributed by atoms with E-state index < -0.39 is 0 Å². The van der Waals surface area contributed by atoms with E-state index in [1.165, 1.54) is 23.1 Å². The summed E-state index contributed by atoms with van der Waals surface area (Å²) in [4.78, 5) is 33.0. The number of nitrogens with zero attached hydrogens (tertiary/aromatic N) is 1. The Morgan fingerprint density at radius 3 is 2.72 bits per heavy atom. The zero-order valence-corrected chi connectivity index (χ0v) is 17.6. The lowest BCUT2D eigenvalue weighted by Gasteiger charge is -2.10. The van der Waals surface area contributed by atoms with Gasteiger partial charge in [0.05, 0.1) is 11.1 Å². The number of aromatic amines is 1. The first kappa shape index (κ1) is 19.4. The van der Waals surface area contributed by atoms with Crippen LogP contribution < -0.4 is 10.9 Å². The number of thiophene rings is 1. The number of hydrogen-bond donors (Lipinski definition) is 2. The Labute approximate surface area is 176 Å². The Kier molecular flexibility index (Phi) is 5.51. The van der Waals surface area contributed by atoms with Crippen molar-refractivity contribution in [2.45, 2.75) is 19.0 Å². The molecule has 0 bridgehead atoms. The number of thioether (sulfide) groups is 1. The minimum Gasteiger partial charge on any atom is -0.325 e. The Balaban J connectivity index is 1.51. The van der Waals surface area contributed by atoms with Crippen molar-refractivity contribution in [1.29, 1.82) is 0 Å². The summed E-state index contributed by atoms with van der Waals surface area (Å²) >= 11 is 2.65. The van der Waals surface area contributed by atoms with E-state index >= 15 is 0 Å². The summed E-state index contributed by atoms with van der Waals surface area (Å²) in [7, 11) is 0. The predicted molar refractivity (Wildman–Crippen MR) is 121 cm³/mol. The number of carbonyl (C=O) groups is 1. The summed E-state index contributed by atoms with van der Waals surface area (Å²) < 4.78 is 0. The molecule has 0 fully saturated rings. The third-order valence-corrected chi connectivity index (χ3v) is 6.47. The smallest absolute Gasteiger partial charge is 0.260 e. The second kappa shape index (κ2) is 8.23. The fourth-order valence-electron chi connectivity index (χ4n) is 3.03. The largest absolute Gasteiger partial charge is 0.325 e. The molecule has 0 radical (unpaired) electrons. The Morgan fingerprint density at radius 2 is 1.93 bits per heavy atom. The normalized spacial score (nSPS) is 11.0. The minimum atomic E-state index is -0.187. The molecule has 4 rings (SSSR count). The number of rotatable bonds is 5. The van der Waals surface area contributed by atoms with Crippen LogP contribution in [-0.2, 0) is 4.79 Å². The molecule has 0 spiro atoms. The van der Waals surface area contributed by atoms with Crippen molar-refractivity contribution >= 4 is 44.9 Å². The van der Waals surface area contributed by atoms with Gasteiger partial charge >= 0.3 is 0 Å². The van der Waals surface area contributed by atoms with Crippen molar-refractivity contribution in [1.82, 2.24) is 9.97 Å². The van der Waals surface area contributed by atoms with E-state index in [0.29, 0.717) is 15.4 Å². The van der Waals surface area contributed by atoms with E-state index in [2.05, 4.69) is 15.3 Å². The maximum absolute atomic E-state index is 12.7. The minimum absolute atomic E-state index is 0.136. The molecule has 0 atom stereocenters. The summed E-state index contributed by atoms with van der Waals surface area (Å²) in [6.07, 6.45) is 0. The standard InChI is InChI=1S/C22H19N3O2S2/c1-13-7-6-10-17(14(13)2)23-18(26)12-29-22-24-20(27)19-16(11-28-21(19)25-22)15-8-4-3-5-9-15/h3-11H,12H2,1-2H3,(H,23,26)(H,24,25,27). The first-order chi connectivity index (χ1) is 14.0. The van der Waals surface area contributed by atoms with Crippen LogP contribution >= 0.6 is 23.1 Å². The van der Waals surface area contributed by atoms with Gasteiger partial charge in [-0.2, -0.15) is 0 Å². The van der Waals surface area contributed by atoms with Crippen LogP contribution in [0.2, 0.25) is 0 Å². The van der Waals surface area contributed by atoms with Gasteiger partial charge in [-0.15, -0.1) is 11.3 Å². The number of nitrogens with one attached hydrogen (secondary N) is 2. The van der Waals surface area contributed by atoms with Crippen molar-refractivity contribution in [2.75, 3.05) is 11.1 Å². The number of amides is 1. The third kappa shape index (κ3) is 4.11. The van der Waals surface area contributed by atoms with E-state index in [0.717, 1.165) is 27.9 Å². The Morgan fingerprint density at radius 1 is 1.14 bits per heavy atom. The molecule has 5 nitrogen and oxygen atoms in total. The topological polar surface area (TPSA) is 74.8 Å². The quantitative estimate of drug-likeness (QED) is 0.351. The molecule has 0 aliphatic carbocycles. The van der Waals surface area contributed by atoms with E-state index in [9.17, 15) is 9.59 Å². The third-order valence-electron chi connectivity index (χ3n) is 4.73. The van der Waals surface area contributed by atoms with Crippen LogP contribution in [0.4, 0.5) is 5.69 Å². The van der Waals surface area contributed by atoms with Gasteiger partial charge < -0.3 is 10.3 Å². The number of anilines is 1. The van der Waals surface area contributed by atoms with Crippen LogP contribution in [-0.4, -0.2) is 21.6 Å². The highest BCUT2D eigenvalue weighted by Crippen LogP contribution is 2.31. The zero-order valence-electron chi connectivity index (χ0n) is 16.0. The molecule has 2 aromatic heterocycles. The van der Waals surface area contributed by atoms with Gasteiger partial charge in [0.1, 0.15) is 4.83 Å². The molecule has 0 unspecified atom stereocenters. The highest BCUT2D eigenvalue weighted by atomic mass is 32.2. The number of aryl methyl sites for hydroxylation is 1. The van der Waals surface area contributed by atoms with Crippen molar-refractivity contribution in [3.8, 4) is 11.1 Å². The molecule has 0 aliphatic heterocycles. The van der Waals surface area contributed by atoms with Crippen LogP contribution in [0.1, 0.15) is 11.1 Å². The van der Waals surface area contributed by atoms with Crippen LogP contribution in [0.5, 0.6) is 0 Å². The molecular formula is C22H19N3O2S2. The van der Waals surface area contributed by atoms with Gasteiger partial charge in [-0.25, -0.2) is 4.98 Å². The van der Waals surface area contributed by atoms with Gasteiger partial charge in [0.2, 0.25) is 5.91 Å². The van der Waals surface area contributed by atoms with E-state index in [4.69, 9.17) is 0 Å². The molecule has 29 heavy (non-hydrogen) atoms. The fourth-order valence-corrected chi connectivity index (χ4v) is 4.70. The molecule has 2 N–H and O–H groups in total. The molecule has 0 aliphatic rings. The van der Waals surface area contributed by atoms with Gasteiger partial charge in [-0.3, -0.25) is 9.59 Å². The van der Waals surface area contributed by atoms with Gasteiger partial charge in [0.25, 0.3) is 5.56 Å². The number of hydrogen-bond acceptors (Lipinski definition) is 5. The maximum atomic E-state index is 12.7. The summed E-state index contributed by atoms with van der Waals surface area (Å²) in [5.74, 6) is 0.0289. The number of H-pyrrole nitrogens is 1. The van der Waals surface area contributed by atoms with Gasteiger partial charge in [0.15, 0.2) is 5.16 Å². The second-order valence-electron chi connectivity index (χ2n) is 6.65. The average Bonchev–Trinajstić information content (AvgIpc) is 3.15. The van der Waals surface area contributed by atoms with Crippen LogP contribution in [0.15, 0.2) is 63.9 Å². The number of aromatic nitrogens is 2. The number of fused-ring (bicyclic) bond motifs is 1. The van der Waals surface area contributed by atoms with E-state index in [-0.39, 0.29) is 17.2 Å². The van der Waals surface area contributed by atoms with E-state index in [1.807, 2.05) is 67.8 Å². The number of carbonyl (C=O) groups excluding carboxylic acids is 1. The number of benzene rings is 2. The monoisotopic (exact) mass is 421 g/mol. The summed E-state index contributed by atoms with van der Waals surface area (Å²) in [5.41, 5.74) is 4.65. The van der Waals surface area contributed by atoms with Crippen LogP contribution in [0, 0.1) is 13.8 Å². The van der Waals surface area contributed by atoms with Crippen molar-refractivity contribution in [3.63, 3.8) is 0 Å². The predicted octanol–water partition coefficient (Wildman–Crippen LogP) is 5.00. The first-order valence-corrected chi connectivity index (χ1v) is 11.0. The van der Waals surface area contributed by atoms with Crippen molar-refractivity contribution in [2.24, 2.45) is 0 Å². The maximum Gasteiger partial charge on any atom is 0.260 e. The molecule has 146 valence electrons. The van der Waals surface area contributed by atoms with Crippen molar-refractivity contribution < 1.29 is 4.79 Å². The molecule has 2 aromatic carbocycles. The highest BCUT2D eigenvalue weighted by Gasteiger charge is 2.14. The van der Waals surface area contributed by atoms with Gasteiger partial charge in [0, 0.05) is 16.6 Å². The van der Waals surface area contributed by atoms with Gasteiger partial charge in [-0.1, -0.05) is 54.2 Å². The van der Waals surface area contributed by atoms with E-state index in [1.54, 1.807) is 0 Å². The molecule has 7 heteroatoms. The molecule has 0 saturated carbocycles. The van der Waals surface area contributed by atoms with Crippen molar-refractivity contribution in [3.05, 3.63) is 75.4 Å². The molecule has 1 amide bonds. The Hall–Kier alpha value is -2.90. The summed E-state index contributed by atoms with van der Waals surface area (Å²) in [6, 6.07) is 15.6. The SMILES string of the molecule is Cc1cccc(NC(=O)CSc2nc3scc(-c4ccccc4)c3c(=O)[nH]2)c1C. The highest BCUT2D eigenvalue weighted by molar-refractivity contribution is 7.99. The lowest BCUT2D eigenvalue weighted by atomic mass is 10.1. The van der Waals surface area contributed by atoms with Crippen LogP contribution in [0.3, 0.4) is 0 Å².